The second-order valence-electron chi connectivity index (χ2n) is 7.80. The van der Waals surface area contributed by atoms with Crippen LogP contribution in [0.4, 0.5) is 4.39 Å². The van der Waals surface area contributed by atoms with Gasteiger partial charge >= 0.3 is 0 Å². The van der Waals surface area contributed by atoms with E-state index < -0.39 is 0 Å². The van der Waals surface area contributed by atoms with Crippen molar-refractivity contribution >= 4 is 5.96 Å². The van der Waals surface area contributed by atoms with Gasteiger partial charge in [0.2, 0.25) is 5.88 Å². The van der Waals surface area contributed by atoms with Crippen LogP contribution in [0.3, 0.4) is 0 Å². The first-order valence-corrected chi connectivity index (χ1v) is 9.96. The SMILES string of the molecule is CN=C(NCc1ccnc(OCC2CC2)c1)NCC1(c2ccccc2F)CC1. The van der Waals surface area contributed by atoms with E-state index in [2.05, 4.69) is 20.6 Å². The molecule has 2 fully saturated rings. The van der Waals surface area contributed by atoms with Crippen LogP contribution >= 0.6 is 0 Å². The molecule has 2 saturated carbocycles. The van der Waals surface area contributed by atoms with Gasteiger partial charge in [0.1, 0.15) is 5.82 Å². The fraction of sp³-hybridized carbons (Fsp3) is 0.455. The summed E-state index contributed by atoms with van der Waals surface area (Å²) in [6.45, 7) is 2.04. The van der Waals surface area contributed by atoms with Gasteiger partial charge in [0.25, 0.3) is 0 Å². The van der Waals surface area contributed by atoms with Crippen molar-refractivity contribution in [3.8, 4) is 5.88 Å². The van der Waals surface area contributed by atoms with E-state index in [0.29, 0.717) is 30.8 Å². The molecular weight excluding hydrogens is 355 g/mol. The number of aromatic nitrogens is 1. The number of rotatable bonds is 8. The lowest BCUT2D eigenvalue weighted by Crippen LogP contribution is -2.41. The molecule has 2 aliphatic carbocycles. The summed E-state index contributed by atoms with van der Waals surface area (Å²) in [4.78, 5) is 8.57. The maximum absolute atomic E-state index is 14.2. The smallest absolute Gasteiger partial charge is 0.213 e. The standard InChI is InChI=1S/C22H27FN4O/c1-24-21(27-15-22(9-10-22)18-4-2-3-5-19(18)23)26-13-17-8-11-25-20(12-17)28-14-16-6-7-16/h2-5,8,11-12,16H,6-7,9-10,13-15H2,1H3,(H2,24,26,27). The van der Waals surface area contributed by atoms with Gasteiger partial charge in [0.15, 0.2) is 5.96 Å². The fourth-order valence-corrected chi connectivity index (χ4v) is 3.37. The molecule has 5 nitrogen and oxygen atoms in total. The number of nitrogens with one attached hydrogen (secondary N) is 2. The van der Waals surface area contributed by atoms with Gasteiger partial charge in [-0.3, -0.25) is 4.99 Å². The number of hydrogen-bond acceptors (Lipinski definition) is 3. The Morgan fingerprint density at radius 2 is 2.07 bits per heavy atom. The number of nitrogens with zero attached hydrogens (tertiary/aromatic N) is 2. The molecule has 4 rings (SSSR count). The molecule has 6 heteroatoms. The van der Waals surface area contributed by atoms with Crippen molar-refractivity contribution in [1.82, 2.24) is 15.6 Å². The molecule has 28 heavy (non-hydrogen) atoms. The molecule has 1 heterocycles. The Balaban J connectivity index is 1.29. The first-order chi connectivity index (χ1) is 13.7. The van der Waals surface area contributed by atoms with E-state index >= 15 is 0 Å². The van der Waals surface area contributed by atoms with Crippen molar-refractivity contribution in [1.29, 1.82) is 0 Å². The van der Waals surface area contributed by atoms with Crippen LogP contribution in [0.25, 0.3) is 0 Å². The Hall–Kier alpha value is -2.63. The molecule has 148 valence electrons. The normalized spacial score (nSPS) is 17.9. The molecule has 0 aliphatic heterocycles. The molecule has 1 aromatic carbocycles. The van der Waals surface area contributed by atoms with Crippen molar-refractivity contribution < 1.29 is 9.13 Å². The lowest BCUT2D eigenvalue weighted by Gasteiger charge is -2.19. The summed E-state index contributed by atoms with van der Waals surface area (Å²) in [5, 5.41) is 6.67. The highest BCUT2D eigenvalue weighted by Crippen LogP contribution is 2.48. The molecule has 2 aliphatic rings. The lowest BCUT2D eigenvalue weighted by molar-refractivity contribution is 0.288. The van der Waals surface area contributed by atoms with Gasteiger partial charge in [-0.2, -0.15) is 0 Å². The van der Waals surface area contributed by atoms with E-state index in [9.17, 15) is 4.39 Å². The van der Waals surface area contributed by atoms with Crippen LogP contribution in [-0.2, 0) is 12.0 Å². The molecule has 1 aromatic heterocycles. The summed E-state index contributed by atoms with van der Waals surface area (Å²) in [7, 11) is 1.74. The number of pyridine rings is 1. The Bertz CT molecular complexity index is 846. The minimum Gasteiger partial charge on any atom is -0.477 e. The third-order valence-electron chi connectivity index (χ3n) is 5.54. The zero-order valence-electron chi connectivity index (χ0n) is 16.2. The molecule has 0 spiro atoms. The van der Waals surface area contributed by atoms with Gasteiger partial charge in [0.05, 0.1) is 6.61 Å². The van der Waals surface area contributed by atoms with Crippen LogP contribution in [0.5, 0.6) is 5.88 Å². The molecule has 0 radical (unpaired) electrons. The first kappa shape index (κ1) is 18.7. The van der Waals surface area contributed by atoms with Crippen molar-refractivity contribution in [3.05, 3.63) is 59.5 Å². The van der Waals surface area contributed by atoms with Crippen LogP contribution in [0.15, 0.2) is 47.6 Å². The summed E-state index contributed by atoms with van der Waals surface area (Å²) in [5.41, 5.74) is 1.76. The van der Waals surface area contributed by atoms with Gasteiger partial charge in [-0.05, 0) is 54.9 Å². The Morgan fingerprint density at radius 3 is 2.79 bits per heavy atom. The van der Waals surface area contributed by atoms with Crippen LogP contribution in [0, 0.1) is 11.7 Å². The number of benzene rings is 1. The average molecular weight is 382 g/mol. The Morgan fingerprint density at radius 1 is 1.25 bits per heavy atom. The van der Waals surface area contributed by atoms with E-state index in [0.717, 1.165) is 30.6 Å². The van der Waals surface area contributed by atoms with Crippen LogP contribution in [0.1, 0.15) is 36.8 Å². The fourth-order valence-electron chi connectivity index (χ4n) is 3.37. The van der Waals surface area contributed by atoms with E-state index in [1.165, 1.54) is 18.9 Å². The molecule has 2 aromatic rings. The minimum absolute atomic E-state index is 0.122. The number of guanidine groups is 1. The largest absolute Gasteiger partial charge is 0.477 e. The number of aliphatic imine (C=N–C) groups is 1. The van der Waals surface area contributed by atoms with Crippen LogP contribution < -0.4 is 15.4 Å². The highest BCUT2D eigenvalue weighted by Gasteiger charge is 2.45. The van der Waals surface area contributed by atoms with Gasteiger partial charge in [-0.25, -0.2) is 9.37 Å². The summed E-state index contributed by atoms with van der Waals surface area (Å²) >= 11 is 0. The number of hydrogen-bond donors (Lipinski definition) is 2. The Labute approximate surface area is 165 Å². The molecule has 0 amide bonds. The summed E-state index contributed by atoms with van der Waals surface area (Å²) in [6, 6.07) is 11.0. The monoisotopic (exact) mass is 382 g/mol. The third kappa shape index (κ3) is 4.61. The molecule has 0 saturated heterocycles. The second kappa shape index (κ2) is 8.17. The van der Waals surface area contributed by atoms with E-state index in [1.54, 1.807) is 19.3 Å². The highest BCUT2D eigenvalue weighted by atomic mass is 19.1. The van der Waals surface area contributed by atoms with E-state index in [-0.39, 0.29) is 11.2 Å². The zero-order valence-corrected chi connectivity index (χ0v) is 16.2. The van der Waals surface area contributed by atoms with Crippen LogP contribution in [-0.4, -0.2) is 31.1 Å². The second-order valence-corrected chi connectivity index (χ2v) is 7.80. The van der Waals surface area contributed by atoms with Crippen molar-refractivity contribution in [2.75, 3.05) is 20.2 Å². The zero-order chi connectivity index (χ0) is 19.4. The van der Waals surface area contributed by atoms with E-state index in [4.69, 9.17) is 4.74 Å². The maximum Gasteiger partial charge on any atom is 0.213 e. The van der Waals surface area contributed by atoms with Gasteiger partial charge in [-0.15, -0.1) is 0 Å². The maximum atomic E-state index is 14.2. The summed E-state index contributed by atoms with van der Waals surface area (Å²) in [6.07, 6.45) is 6.27. The molecule has 0 bridgehead atoms. The van der Waals surface area contributed by atoms with Gasteiger partial charge < -0.3 is 15.4 Å². The van der Waals surface area contributed by atoms with Crippen molar-refractivity contribution in [2.24, 2.45) is 10.9 Å². The lowest BCUT2D eigenvalue weighted by atomic mass is 9.95. The Kier molecular flexibility index (Phi) is 5.46. The molecule has 0 unspecified atom stereocenters. The number of halogens is 1. The van der Waals surface area contributed by atoms with Gasteiger partial charge in [-0.1, -0.05) is 18.2 Å². The highest BCUT2D eigenvalue weighted by molar-refractivity contribution is 5.79. The van der Waals surface area contributed by atoms with E-state index in [1.807, 2.05) is 24.3 Å². The predicted molar refractivity (Wildman–Crippen MR) is 108 cm³/mol. The summed E-state index contributed by atoms with van der Waals surface area (Å²) < 4.78 is 19.9. The average Bonchev–Trinajstić information content (AvgIpc) is 3.63. The quantitative estimate of drug-likeness (QED) is 0.543. The van der Waals surface area contributed by atoms with Crippen molar-refractivity contribution in [2.45, 2.75) is 37.6 Å². The molecule has 2 N–H and O–H groups in total. The first-order valence-electron chi connectivity index (χ1n) is 9.96. The van der Waals surface area contributed by atoms with Gasteiger partial charge in [0, 0.05) is 37.8 Å². The number of ether oxygens (including phenoxy) is 1. The topological polar surface area (TPSA) is 58.5 Å². The minimum atomic E-state index is -0.125. The summed E-state index contributed by atoms with van der Waals surface area (Å²) in [5.74, 6) is 1.96. The molecule has 0 atom stereocenters. The predicted octanol–water partition coefficient (Wildman–Crippen LogP) is 3.41. The molecular formula is C22H27FN4O. The van der Waals surface area contributed by atoms with Crippen LogP contribution in [0.2, 0.25) is 0 Å². The third-order valence-corrected chi connectivity index (χ3v) is 5.54. The van der Waals surface area contributed by atoms with Crippen molar-refractivity contribution in [3.63, 3.8) is 0 Å².